The quantitative estimate of drug-likeness (QED) is 0.828. The number of hydrogen-bond donors (Lipinski definition) is 1. The molecule has 0 unspecified atom stereocenters. The van der Waals surface area contributed by atoms with E-state index in [-0.39, 0.29) is 11.9 Å². The highest BCUT2D eigenvalue weighted by Crippen LogP contribution is 2.17. The van der Waals surface area contributed by atoms with Gasteiger partial charge in [0.2, 0.25) is 0 Å². The second-order valence-electron chi connectivity index (χ2n) is 6.44. The lowest BCUT2D eigenvalue weighted by Crippen LogP contribution is -2.41. The van der Waals surface area contributed by atoms with E-state index >= 15 is 0 Å². The van der Waals surface area contributed by atoms with Gasteiger partial charge in [0, 0.05) is 6.04 Å². The molecule has 3 nitrogen and oxygen atoms in total. The maximum atomic E-state index is 12.3. The van der Waals surface area contributed by atoms with Crippen LogP contribution in [-0.2, 0) is 11.2 Å². The van der Waals surface area contributed by atoms with Gasteiger partial charge in [-0.3, -0.25) is 4.79 Å². The molecule has 0 fully saturated rings. The van der Waals surface area contributed by atoms with Crippen molar-refractivity contribution in [3.63, 3.8) is 0 Å². The normalized spacial score (nSPS) is 13.2. The smallest absolute Gasteiger partial charge is 0.260 e. The number of ether oxygens (including phenoxy) is 1. The predicted molar refractivity (Wildman–Crippen MR) is 98.4 cm³/mol. The maximum Gasteiger partial charge on any atom is 0.260 e. The van der Waals surface area contributed by atoms with Gasteiger partial charge in [0.25, 0.3) is 5.91 Å². The first kappa shape index (κ1) is 18.1. The molecule has 0 saturated heterocycles. The number of benzene rings is 2. The fourth-order valence-electron chi connectivity index (χ4n) is 2.51. The van der Waals surface area contributed by atoms with Crippen molar-refractivity contribution >= 4 is 5.91 Å². The van der Waals surface area contributed by atoms with E-state index in [2.05, 4.69) is 24.4 Å². The first-order chi connectivity index (χ1) is 11.5. The highest BCUT2D eigenvalue weighted by atomic mass is 16.5. The molecule has 0 aliphatic heterocycles. The average molecular weight is 325 g/mol. The summed E-state index contributed by atoms with van der Waals surface area (Å²) in [4.78, 5) is 12.3. The molecule has 0 radical (unpaired) electrons. The minimum atomic E-state index is -0.508. The Morgan fingerprint density at radius 1 is 1.04 bits per heavy atom. The summed E-state index contributed by atoms with van der Waals surface area (Å²) in [5.74, 6) is 0.659. The molecule has 3 heteroatoms. The number of carbonyl (C=O) groups is 1. The molecule has 1 amide bonds. The van der Waals surface area contributed by atoms with Gasteiger partial charge in [0.15, 0.2) is 6.10 Å². The van der Waals surface area contributed by atoms with E-state index in [1.807, 2.05) is 50.2 Å². The monoisotopic (exact) mass is 325 g/mol. The summed E-state index contributed by atoms with van der Waals surface area (Å²) < 4.78 is 5.76. The summed E-state index contributed by atoms with van der Waals surface area (Å²) in [6.07, 6.45) is 1.35. The van der Waals surface area contributed by atoms with Crippen molar-refractivity contribution in [2.75, 3.05) is 0 Å². The van der Waals surface area contributed by atoms with E-state index in [4.69, 9.17) is 4.74 Å². The SMILES string of the molecule is Cc1ccc(O[C@@H](C)C(=O)N[C@@H](C)CCc2ccccc2)cc1C. The van der Waals surface area contributed by atoms with Crippen LogP contribution in [0.3, 0.4) is 0 Å². The van der Waals surface area contributed by atoms with Crippen molar-refractivity contribution in [1.29, 1.82) is 0 Å². The molecular weight excluding hydrogens is 298 g/mol. The van der Waals surface area contributed by atoms with Crippen molar-refractivity contribution < 1.29 is 9.53 Å². The van der Waals surface area contributed by atoms with Gasteiger partial charge in [0.1, 0.15) is 5.75 Å². The van der Waals surface area contributed by atoms with Gasteiger partial charge in [-0.15, -0.1) is 0 Å². The summed E-state index contributed by atoms with van der Waals surface area (Å²) in [6, 6.07) is 16.3. The van der Waals surface area contributed by atoms with Crippen molar-refractivity contribution in [1.82, 2.24) is 5.32 Å². The van der Waals surface area contributed by atoms with Crippen LogP contribution in [0, 0.1) is 13.8 Å². The molecule has 0 bridgehead atoms. The molecule has 0 spiro atoms. The number of amides is 1. The summed E-state index contributed by atoms with van der Waals surface area (Å²) >= 11 is 0. The van der Waals surface area contributed by atoms with Gasteiger partial charge in [-0.05, 0) is 69.4 Å². The number of nitrogens with one attached hydrogen (secondary N) is 1. The van der Waals surface area contributed by atoms with Gasteiger partial charge < -0.3 is 10.1 Å². The maximum absolute atomic E-state index is 12.3. The number of hydrogen-bond acceptors (Lipinski definition) is 2. The first-order valence-corrected chi connectivity index (χ1v) is 8.54. The van der Waals surface area contributed by atoms with E-state index in [0.29, 0.717) is 0 Å². The second-order valence-corrected chi connectivity index (χ2v) is 6.44. The molecule has 2 rings (SSSR count). The van der Waals surface area contributed by atoms with Gasteiger partial charge in [0.05, 0.1) is 0 Å². The summed E-state index contributed by atoms with van der Waals surface area (Å²) in [6.45, 7) is 7.92. The van der Waals surface area contributed by atoms with E-state index in [9.17, 15) is 4.79 Å². The van der Waals surface area contributed by atoms with Crippen LogP contribution in [0.5, 0.6) is 5.75 Å². The second kappa shape index (κ2) is 8.53. The van der Waals surface area contributed by atoms with Crippen LogP contribution in [0.2, 0.25) is 0 Å². The largest absolute Gasteiger partial charge is 0.481 e. The molecular formula is C21H27NO2. The third-order valence-corrected chi connectivity index (χ3v) is 4.26. The van der Waals surface area contributed by atoms with Gasteiger partial charge in [-0.2, -0.15) is 0 Å². The number of aryl methyl sites for hydroxylation is 3. The van der Waals surface area contributed by atoms with Crippen LogP contribution >= 0.6 is 0 Å². The van der Waals surface area contributed by atoms with Crippen LogP contribution < -0.4 is 10.1 Å². The molecule has 0 aliphatic rings. The fourth-order valence-corrected chi connectivity index (χ4v) is 2.51. The van der Waals surface area contributed by atoms with Crippen LogP contribution in [0.1, 0.15) is 37.0 Å². The third kappa shape index (κ3) is 5.41. The van der Waals surface area contributed by atoms with Crippen LogP contribution in [0.25, 0.3) is 0 Å². The Morgan fingerprint density at radius 3 is 2.42 bits per heavy atom. The lowest BCUT2D eigenvalue weighted by Gasteiger charge is -2.19. The minimum absolute atomic E-state index is 0.0752. The Hall–Kier alpha value is -2.29. The minimum Gasteiger partial charge on any atom is -0.481 e. The van der Waals surface area contributed by atoms with Crippen LogP contribution in [-0.4, -0.2) is 18.1 Å². The standard InChI is InChI=1S/C21H27NO2/c1-15-10-13-20(14-16(15)2)24-18(4)21(23)22-17(3)11-12-19-8-6-5-7-9-19/h5-10,13-14,17-18H,11-12H2,1-4H3,(H,22,23)/t17-,18-/m0/s1. The van der Waals surface area contributed by atoms with E-state index in [1.54, 1.807) is 6.92 Å². The molecule has 0 saturated carbocycles. The van der Waals surface area contributed by atoms with Crippen molar-refractivity contribution in [3.8, 4) is 5.75 Å². The zero-order valence-electron chi connectivity index (χ0n) is 15.0. The molecule has 0 heterocycles. The zero-order valence-corrected chi connectivity index (χ0v) is 15.0. The molecule has 2 aromatic rings. The number of rotatable bonds is 7. The van der Waals surface area contributed by atoms with E-state index in [0.717, 1.165) is 24.2 Å². The fraction of sp³-hybridized carbons (Fsp3) is 0.381. The average Bonchev–Trinajstić information content (AvgIpc) is 2.57. The van der Waals surface area contributed by atoms with E-state index < -0.39 is 6.10 Å². The molecule has 0 aliphatic carbocycles. The summed E-state index contributed by atoms with van der Waals surface area (Å²) in [5, 5.41) is 3.03. The highest BCUT2D eigenvalue weighted by molar-refractivity contribution is 5.80. The van der Waals surface area contributed by atoms with Gasteiger partial charge in [-0.25, -0.2) is 0 Å². The first-order valence-electron chi connectivity index (χ1n) is 8.54. The van der Waals surface area contributed by atoms with Gasteiger partial charge in [-0.1, -0.05) is 36.4 Å². The van der Waals surface area contributed by atoms with Crippen LogP contribution in [0.15, 0.2) is 48.5 Å². The Morgan fingerprint density at radius 2 is 1.75 bits per heavy atom. The Kier molecular flexibility index (Phi) is 6.42. The molecule has 128 valence electrons. The lowest BCUT2D eigenvalue weighted by molar-refractivity contribution is -0.127. The molecule has 1 N–H and O–H groups in total. The van der Waals surface area contributed by atoms with E-state index in [1.165, 1.54) is 11.1 Å². The Labute approximate surface area is 145 Å². The van der Waals surface area contributed by atoms with Crippen LogP contribution in [0.4, 0.5) is 0 Å². The highest BCUT2D eigenvalue weighted by Gasteiger charge is 2.17. The molecule has 24 heavy (non-hydrogen) atoms. The molecule has 0 aromatic heterocycles. The van der Waals surface area contributed by atoms with Crippen molar-refractivity contribution in [3.05, 3.63) is 65.2 Å². The zero-order chi connectivity index (χ0) is 17.5. The van der Waals surface area contributed by atoms with Gasteiger partial charge >= 0.3 is 0 Å². The van der Waals surface area contributed by atoms with Crippen molar-refractivity contribution in [2.45, 2.75) is 52.7 Å². The summed E-state index contributed by atoms with van der Waals surface area (Å²) in [5.41, 5.74) is 3.67. The Bertz CT molecular complexity index is 667. The Balaban J connectivity index is 1.80. The predicted octanol–water partition coefficient (Wildman–Crippen LogP) is 4.21. The lowest BCUT2D eigenvalue weighted by atomic mass is 10.1. The summed E-state index contributed by atoms with van der Waals surface area (Å²) in [7, 11) is 0. The topological polar surface area (TPSA) is 38.3 Å². The third-order valence-electron chi connectivity index (χ3n) is 4.26. The van der Waals surface area contributed by atoms with Crippen molar-refractivity contribution in [2.24, 2.45) is 0 Å². The molecule has 2 aromatic carbocycles. The number of carbonyl (C=O) groups excluding carboxylic acids is 1. The molecule has 2 atom stereocenters.